The number of nitrogens with zero attached hydrogens (tertiary/aromatic N) is 3. The summed E-state index contributed by atoms with van der Waals surface area (Å²) in [4.78, 5) is 19.1. The molecule has 2 aromatic carbocycles. The van der Waals surface area contributed by atoms with Gasteiger partial charge >= 0.3 is 0 Å². The average Bonchev–Trinajstić information content (AvgIpc) is 3.54. The zero-order valence-electron chi connectivity index (χ0n) is 17.0. The number of amides is 1. The van der Waals surface area contributed by atoms with Crippen LogP contribution in [0.3, 0.4) is 0 Å². The van der Waals surface area contributed by atoms with E-state index in [9.17, 15) is 13.6 Å². The molecule has 2 aromatic heterocycles. The normalized spacial score (nSPS) is 15.9. The highest BCUT2D eigenvalue weighted by Gasteiger charge is 2.35. The van der Waals surface area contributed by atoms with Crippen molar-refractivity contribution in [2.24, 2.45) is 0 Å². The minimum absolute atomic E-state index is 0.0998. The predicted molar refractivity (Wildman–Crippen MR) is 111 cm³/mol. The Morgan fingerprint density at radius 3 is 2.75 bits per heavy atom. The fraction of sp³-hybridized carbons (Fsp3) is 0.208. The van der Waals surface area contributed by atoms with Gasteiger partial charge in [0.2, 0.25) is 11.7 Å². The van der Waals surface area contributed by atoms with Crippen LogP contribution in [-0.2, 0) is 6.42 Å². The van der Waals surface area contributed by atoms with Gasteiger partial charge in [0.15, 0.2) is 0 Å². The molecule has 0 unspecified atom stereocenters. The number of benzene rings is 2. The first-order chi connectivity index (χ1) is 15.6. The molecule has 6 nitrogen and oxygen atoms in total. The maximum atomic E-state index is 13.4. The molecule has 1 fully saturated rings. The molecule has 0 radical (unpaired) electrons. The van der Waals surface area contributed by atoms with Crippen molar-refractivity contribution in [3.63, 3.8) is 0 Å². The summed E-state index contributed by atoms with van der Waals surface area (Å²) < 4.78 is 37.8. The van der Waals surface area contributed by atoms with Crippen molar-refractivity contribution < 1.29 is 22.5 Å². The summed E-state index contributed by atoms with van der Waals surface area (Å²) in [7, 11) is 0. The van der Waals surface area contributed by atoms with E-state index in [4.69, 9.17) is 8.94 Å². The minimum Gasteiger partial charge on any atom is -0.443 e. The largest absolute Gasteiger partial charge is 0.443 e. The zero-order valence-corrected chi connectivity index (χ0v) is 17.0. The lowest BCUT2D eigenvalue weighted by Gasteiger charge is -2.20. The number of aromatic nitrogens is 2. The highest BCUT2D eigenvalue weighted by molar-refractivity contribution is 5.92. The van der Waals surface area contributed by atoms with E-state index in [1.165, 1.54) is 24.3 Å². The second kappa shape index (κ2) is 8.37. The van der Waals surface area contributed by atoms with Crippen LogP contribution in [0.5, 0.6) is 0 Å². The van der Waals surface area contributed by atoms with Crippen LogP contribution in [0.2, 0.25) is 0 Å². The number of likely N-dealkylation sites (tertiary alicyclic amines) is 1. The molecular formula is C24H19F2N3O3. The van der Waals surface area contributed by atoms with Gasteiger partial charge in [-0.2, -0.15) is 0 Å². The SMILES string of the molecule is O=C(c1cc(-c2ccc(F)cc2)no1)N1CCC[C@H]1c1ncc(Cc2cccc(F)c2)o1. The van der Waals surface area contributed by atoms with Gasteiger partial charge < -0.3 is 13.8 Å². The molecule has 0 N–H and O–H groups in total. The monoisotopic (exact) mass is 435 g/mol. The van der Waals surface area contributed by atoms with E-state index >= 15 is 0 Å². The lowest BCUT2D eigenvalue weighted by atomic mass is 10.1. The van der Waals surface area contributed by atoms with Gasteiger partial charge in [0.1, 0.15) is 29.1 Å². The Hall–Kier alpha value is -3.81. The van der Waals surface area contributed by atoms with Crippen molar-refractivity contribution in [1.82, 2.24) is 15.0 Å². The molecular weight excluding hydrogens is 416 g/mol. The number of oxazole rings is 1. The quantitative estimate of drug-likeness (QED) is 0.432. The lowest BCUT2D eigenvalue weighted by molar-refractivity contribution is 0.0672. The van der Waals surface area contributed by atoms with E-state index in [0.717, 1.165) is 12.0 Å². The van der Waals surface area contributed by atoms with Crippen LogP contribution < -0.4 is 0 Å². The summed E-state index contributed by atoms with van der Waals surface area (Å²) in [5.41, 5.74) is 1.89. The molecule has 32 heavy (non-hydrogen) atoms. The molecule has 8 heteroatoms. The molecule has 1 aliphatic rings. The summed E-state index contributed by atoms with van der Waals surface area (Å²) >= 11 is 0. The Labute approximate surface area is 182 Å². The number of hydrogen-bond acceptors (Lipinski definition) is 5. The van der Waals surface area contributed by atoms with Gasteiger partial charge in [0.25, 0.3) is 5.91 Å². The van der Waals surface area contributed by atoms with Gasteiger partial charge in [-0.15, -0.1) is 0 Å². The van der Waals surface area contributed by atoms with E-state index in [0.29, 0.717) is 42.3 Å². The number of halogens is 2. The molecule has 1 saturated heterocycles. The van der Waals surface area contributed by atoms with Crippen LogP contribution in [-0.4, -0.2) is 27.5 Å². The molecule has 1 atom stereocenters. The minimum atomic E-state index is -0.351. The predicted octanol–water partition coefficient (Wildman–Crippen LogP) is 5.18. The number of rotatable bonds is 5. The highest BCUT2D eigenvalue weighted by Crippen LogP contribution is 2.33. The lowest BCUT2D eigenvalue weighted by Crippen LogP contribution is -2.30. The first-order valence-corrected chi connectivity index (χ1v) is 10.3. The summed E-state index contributed by atoms with van der Waals surface area (Å²) in [6, 6.07) is 13.4. The number of hydrogen-bond donors (Lipinski definition) is 0. The molecule has 162 valence electrons. The standard InChI is InChI=1S/C24H19F2N3O3/c25-17-8-6-16(7-9-17)20-13-22(32-28-20)24(30)29-10-2-5-21(29)23-27-14-19(31-23)12-15-3-1-4-18(26)11-15/h1,3-4,6-9,11,13-14,21H,2,5,10,12H2/t21-/m0/s1. The third-order valence-corrected chi connectivity index (χ3v) is 5.50. The van der Waals surface area contributed by atoms with Gasteiger partial charge in [-0.05, 0) is 54.8 Å². The Bertz CT molecular complexity index is 1250. The third-order valence-electron chi connectivity index (χ3n) is 5.50. The Morgan fingerprint density at radius 1 is 1.09 bits per heavy atom. The second-order valence-electron chi connectivity index (χ2n) is 7.71. The second-order valence-corrected chi connectivity index (χ2v) is 7.71. The van der Waals surface area contributed by atoms with Crippen LogP contribution in [0.25, 0.3) is 11.3 Å². The maximum Gasteiger partial charge on any atom is 0.293 e. The molecule has 1 aliphatic heterocycles. The van der Waals surface area contributed by atoms with Gasteiger partial charge in [-0.1, -0.05) is 17.3 Å². The van der Waals surface area contributed by atoms with E-state index in [1.54, 1.807) is 35.4 Å². The average molecular weight is 435 g/mol. The molecule has 4 aromatic rings. The van der Waals surface area contributed by atoms with Crippen molar-refractivity contribution in [2.45, 2.75) is 25.3 Å². The van der Waals surface area contributed by atoms with Crippen molar-refractivity contribution >= 4 is 5.91 Å². The smallest absolute Gasteiger partial charge is 0.293 e. The van der Waals surface area contributed by atoms with Crippen LogP contribution in [0.15, 0.2) is 69.7 Å². The van der Waals surface area contributed by atoms with Crippen LogP contribution in [0.1, 0.15) is 46.7 Å². The Kier molecular flexibility index (Phi) is 5.26. The van der Waals surface area contributed by atoms with Gasteiger partial charge in [-0.3, -0.25) is 4.79 Å². The van der Waals surface area contributed by atoms with E-state index in [1.807, 2.05) is 6.07 Å². The summed E-state index contributed by atoms with van der Waals surface area (Å²) in [5.74, 6) is 0.183. The van der Waals surface area contributed by atoms with Crippen LogP contribution in [0, 0.1) is 11.6 Å². The molecule has 5 rings (SSSR count). The maximum absolute atomic E-state index is 13.4. The number of carbonyl (C=O) groups excluding carboxylic acids is 1. The Morgan fingerprint density at radius 2 is 1.94 bits per heavy atom. The van der Waals surface area contributed by atoms with Crippen molar-refractivity contribution in [3.05, 3.63) is 95.4 Å². The molecule has 3 heterocycles. The van der Waals surface area contributed by atoms with E-state index < -0.39 is 0 Å². The summed E-state index contributed by atoms with van der Waals surface area (Å²) in [6.07, 6.45) is 3.54. The first-order valence-electron chi connectivity index (χ1n) is 10.3. The summed E-state index contributed by atoms with van der Waals surface area (Å²) in [5, 5.41) is 3.95. The molecule has 0 saturated carbocycles. The fourth-order valence-electron chi connectivity index (χ4n) is 3.95. The van der Waals surface area contributed by atoms with Crippen molar-refractivity contribution in [2.75, 3.05) is 6.54 Å². The molecule has 0 aliphatic carbocycles. The number of carbonyl (C=O) groups is 1. The third kappa shape index (κ3) is 4.03. The zero-order chi connectivity index (χ0) is 22.1. The molecule has 0 spiro atoms. The van der Waals surface area contributed by atoms with Gasteiger partial charge in [0, 0.05) is 24.6 Å². The fourth-order valence-corrected chi connectivity index (χ4v) is 3.95. The van der Waals surface area contributed by atoms with Crippen LogP contribution >= 0.6 is 0 Å². The highest BCUT2D eigenvalue weighted by atomic mass is 19.1. The topological polar surface area (TPSA) is 72.4 Å². The Balaban J connectivity index is 1.32. The molecule has 0 bridgehead atoms. The summed E-state index contributed by atoms with van der Waals surface area (Å²) in [6.45, 7) is 0.539. The first kappa shape index (κ1) is 20.1. The van der Waals surface area contributed by atoms with Gasteiger partial charge in [-0.25, -0.2) is 13.8 Å². The molecule has 1 amide bonds. The van der Waals surface area contributed by atoms with Crippen molar-refractivity contribution in [3.8, 4) is 11.3 Å². The van der Waals surface area contributed by atoms with Gasteiger partial charge in [0.05, 0.1) is 6.20 Å². The van der Waals surface area contributed by atoms with Crippen LogP contribution in [0.4, 0.5) is 8.78 Å². The van der Waals surface area contributed by atoms with E-state index in [-0.39, 0.29) is 29.3 Å². The van der Waals surface area contributed by atoms with E-state index in [2.05, 4.69) is 10.1 Å². The van der Waals surface area contributed by atoms with Crippen molar-refractivity contribution in [1.29, 1.82) is 0 Å².